The molecule has 0 atom stereocenters. The summed E-state index contributed by atoms with van der Waals surface area (Å²) >= 11 is 0. The minimum Gasteiger partial charge on any atom is -0.870 e. The van der Waals surface area contributed by atoms with E-state index in [4.69, 9.17) is 0 Å². The summed E-state index contributed by atoms with van der Waals surface area (Å²) in [7, 11) is 0. The first-order valence-electron chi connectivity index (χ1n) is 0. The van der Waals surface area contributed by atoms with Crippen LogP contribution in [0.3, 0.4) is 0 Å². The van der Waals surface area contributed by atoms with Gasteiger partial charge in [0.1, 0.15) is 0 Å². The van der Waals surface area contributed by atoms with Crippen LogP contribution in [-0.4, -0.2) is 21.9 Å². The second-order valence-electron chi connectivity index (χ2n) is 0. The van der Waals surface area contributed by atoms with Gasteiger partial charge in [-0.15, -0.1) is 0 Å². The first kappa shape index (κ1) is 161. The van der Waals surface area contributed by atoms with Gasteiger partial charge in [-0.05, 0) is 0 Å². The topological polar surface area (TPSA) is 124 Å². The zero-order chi connectivity index (χ0) is 0. The van der Waals surface area contributed by atoms with Crippen molar-refractivity contribution in [2.24, 2.45) is 0 Å². The van der Waals surface area contributed by atoms with Crippen molar-refractivity contribution >= 4 is 0 Å². The maximum Gasteiger partial charge on any atom is 1.00 e. The molecule has 0 saturated heterocycles. The van der Waals surface area contributed by atoms with Gasteiger partial charge in [-0.1, -0.05) is 0 Å². The average molecular weight is 149 g/mol. The van der Waals surface area contributed by atoms with Gasteiger partial charge in [-0.2, -0.15) is 0 Å². The van der Waals surface area contributed by atoms with Crippen molar-refractivity contribution in [2.45, 2.75) is 0 Å². The van der Waals surface area contributed by atoms with E-state index in [0.29, 0.717) is 0 Å². The van der Waals surface area contributed by atoms with Gasteiger partial charge in [-0.25, -0.2) is 0 Å². The van der Waals surface area contributed by atoms with Gasteiger partial charge in [0.25, 0.3) is 0 Å². The van der Waals surface area contributed by atoms with Crippen molar-refractivity contribution < 1.29 is 68.5 Å². The Kier molecular flexibility index (Phi) is 2650. The SMILES string of the molecule is O.O.O.[Mn].[Na+].[OH-]. The summed E-state index contributed by atoms with van der Waals surface area (Å²) in [5.74, 6) is 0. The number of hydrogen-bond donors (Lipinski definition) is 0. The Balaban J connectivity index is 0. The van der Waals surface area contributed by atoms with Gasteiger partial charge in [0.15, 0.2) is 0 Å². The predicted molar refractivity (Wildman–Crippen MR) is 12.8 cm³/mol. The van der Waals surface area contributed by atoms with Crippen molar-refractivity contribution in [3.63, 3.8) is 0 Å². The first-order chi connectivity index (χ1) is 0. The molecule has 0 aliphatic rings. The molecule has 39 valence electrons. The molecule has 0 bridgehead atoms. The molecule has 4 nitrogen and oxygen atoms in total. The van der Waals surface area contributed by atoms with Gasteiger partial charge in [0.05, 0.1) is 0 Å². The molecular weight excluding hydrogens is 142 g/mol. The molecule has 0 saturated carbocycles. The van der Waals surface area contributed by atoms with E-state index in [-0.39, 0.29) is 68.5 Å². The molecule has 0 aliphatic carbocycles. The Morgan fingerprint density at radius 2 is 0.667 bits per heavy atom. The summed E-state index contributed by atoms with van der Waals surface area (Å²) in [5, 5.41) is 0. The predicted octanol–water partition coefficient (Wildman–Crippen LogP) is -5.65. The Bertz CT molecular complexity index is 7.51. The molecule has 6 heavy (non-hydrogen) atoms. The third-order valence-corrected chi connectivity index (χ3v) is 0. The third-order valence-electron chi connectivity index (χ3n) is 0. The molecule has 0 aromatic carbocycles. The number of hydrogen-bond acceptors (Lipinski definition) is 1. The summed E-state index contributed by atoms with van der Waals surface area (Å²) in [6.45, 7) is 0. The van der Waals surface area contributed by atoms with Crippen LogP contribution >= 0.6 is 0 Å². The molecular formula is H7MnNaO4. The summed E-state index contributed by atoms with van der Waals surface area (Å²) in [4.78, 5) is 0. The Morgan fingerprint density at radius 1 is 0.667 bits per heavy atom. The van der Waals surface area contributed by atoms with Crippen LogP contribution in [0.5, 0.6) is 0 Å². The smallest absolute Gasteiger partial charge is 0.870 e. The molecule has 0 unspecified atom stereocenters. The molecule has 7 N–H and O–H groups in total. The maximum absolute atomic E-state index is 0. The van der Waals surface area contributed by atoms with Crippen molar-refractivity contribution in [1.82, 2.24) is 0 Å². The second-order valence-corrected chi connectivity index (χ2v) is 0. The fourth-order valence-electron chi connectivity index (χ4n) is 0. The van der Waals surface area contributed by atoms with Crippen molar-refractivity contribution in [3.8, 4) is 0 Å². The van der Waals surface area contributed by atoms with Crippen LogP contribution in [-0.2, 0) is 17.1 Å². The quantitative estimate of drug-likeness (QED) is 0.313. The molecule has 0 fully saturated rings. The molecule has 0 aromatic heterocycles. The van der Waals surface area contributed by atoms with Gasteiger partial charge in [0, 0.05) is 17.1 Å². The first-order valence-corrected chi connectivity index (χ1v) is 0. The fraction of sp³-hybridized carbons (Fsp3) is 0. The van der Waals surface area contributed by atoms with Crippen LogP contribution in [0.1, 0.15) is 0 Å². The van der Waals surface area contributed by atoms with Gasteiger partial charge < -0.3 is 21.9 Å². The van der Waals surface area contributed by atoms with E-state index in [2.05, 4.69) is 0 Å². The summed E-state index contributed by atoms with van der Waals surface area (Å²) in [6.07, 6.45) is 0. The van der Waals surface area contributed by atoms with Crippen LogP contribution < -0.4 is 29.6 Å². The van der Waals surface area contributed by atoms with Crippen molar-refractivity contribution in [1.29, 1.82) is 0 Å². The van der Waals surface area contributed by atoms with Crippen LogP contribution in [0.15, 0.2) is 0 Å². The molecule has 0 heterocycles. The van der Waals surface area contributed by atoms with E-state index in [9.17, 15) is 0 Å². The molecule has 0 amide bonds. The molecule has 0 aliphatic heterocycles. The molecule has 1 radical (unpaired) electrons. The summed E-state index contributed by atoms with van der Waals surface area (Å²) in [6, 6.07) is 0. The zero-order valence-corrected chi connectivity index (χ0v) is 6.51. The van der Waals surface area contributed by atoms with Gasteiger partial charge in [0.2, 0.25) is 0 Å². The minimum absolute atomic E-state index is 0. The van der Waals surface area contributed by atoms with E-state index < -0.39 is 0 Å². The molecule has 6 heteroatoms. The van der Waals surface area contributed by atoms with Gasteiger partial charge >= 0.3 is 29.6 Å². The zero-order valence-electron chi connectivity index (χ0n) is 3.33. The normalized spacial score (nSPS) is 0. The van der Waals surface area contributed by atoms with Crippen molar-refractivity contribution in [3.05, 3.63) is 0 Å². The maximum atomic E-state index is 0. The standard InChI is InChI=1S/Mn.Na.4H2O/h;;4*1H2/q;+1;;;;/p-1. The van der Waals surface area contributed by atoms with Crippen LogP contribution in [0.4, 0.5) is 0 Å². The Labute approximate surface area is 68.3 Å². The van der Waals surface area contributed by atoms with Crippen LogP contribution in [0.2, 0.25) is 0 Å². The van der Waals surface area contributed by atoms with E-state index in [0.717, 1.165) is 0 Å². The summed E-state index contributed by atoms with van der Waals surface area (Å²) < 4.78 is 0. The minimum atomic E-state index is 0. The van der Waals surface area contributed by atoms with E-state index in [1.807, 2.05) is 0 Å². The van der Waals surface area contributed by atoms with E-state index in [1.165, 1.54) is 0 Å². The van der Waals surface area contributed by atoms with E-state index >= 15 is 0 Å². The summed E-state index contributed by atoms with van der Waals surface area (Å²) in [5.41, 5.74) is 0. The average Bonchev–Trinajstić information content (AvgIpc) is 0. The van der Waals surface area contributed by atoms with Crippen LogP contribution in [0, 0.1) is 0 Å². The molecule has 0 spiro atoms. The fourth-order valence-corrected chi connectivity index (χ4v) is 0. The Morgan fingerprint density at radius 3 is 0.667 bits per heavy atom. The third kappa shape index (κ3) is 55.1. The molecule has 0 aromatic rings. The Hall–Kier alpha value is 1.36. The van der Waals surface area contributed by atoms with Crippen LogP contribution in [0.25, 0.3) is 0 Å². The second kappa shape index (κ2) is 98.8. The molecule has 0 rings (SSSR count). The van der Waals surface area contributed by atoms with Gasteiger partial charge in [-0.3, -0.25) is 0 Å². The largest absolute Gasteiger partial charge is 1.00 e. The number of rotatable bonds is 0. The van der Waals surface area contributed by atoms with Crippen molar-refractivity contribution in [2.75, 3.05) is 0 Å². The monoisotopic (exact) mass is 149 g/mol. The van der Waals surface area contributed by atoms with E-state index in [1.54, 1.807) is 0 Å².